The average Bonchev–Trinajstić information content (AvgIpc) is 3.14. The van der Waals surface area contributed by atoms with Gasteiger partial charge >= 0.3 is 12.7 Å². The second kappa shape index (κ2) is 16.5. The van der Waals surface area contributed by atoms with Crippen LogP contribution in [0.2, 0.25) is 0 Å². The quantitative estimate of drug-likeness (QED) is 0.132. The molecule has 0 spiro atoms. The molecule has 1 heterocycles. The molecule has 1 unspecified atom stereocenters. The number of halogens is 6. The zero-order chi connectivity index (χ0) is 39.3. The number of hydrogen-bond donors (Lipinski definition) is 0. The van der Waals surface area contributed by atoms with Crippen molar-refractivity contribution in [3.63, 3.8) is 0 Å². The van der Waals surface area contributed by atoms with Crippen molar-refractivity contribution >= 4 is 21.6 Å². The maximum Gasteiger partial charge on any atom is 0.573 e. The van der Waals surface area contributed by atoms with Crippen molar-refractivity contribution in [3.8, 4) is 23.0 Å². The molecule has 0 radical (unpaired) electrons. The highest BCUT2D eigenvalue weighted by atomic mass is 32.2. The van der Waals surface area contributed by atoms with Gasteiger partial charge in [0.15, 0.2) is 0 Å². The lowest BCUT2D eigenvalue weighted by Crippen LogP contribution is -2.61. The third-order valence-electron chi connectivity index (χ3n) is 8.63. The number of amides is 1. The van der Waals surface area contributed by atoms with Gasteiger partial charge in [0, 0.05) is 56.6 Å². The van der Waals surface area contributed by atoms with Crippen LogP contribution in [0.4, 0.5) is 32.0 Å². The number of benzene rings is 4. The minimum Gasteiger partial charge on any atom is -0.497 e. The Labute approximate surface area is 308 Å². The Hall–Kier alpha value is -5.16. The zero-order valence-corrected chi connectivity index (χ0v) is 30.2. The normalized spacial score (nSPS) is 15.4. The lowest BCUT2D eigenvalue weighted by Gasteiger charge is -2.42. The SMILES string of the molecule is CCc1ccc(S(=O)(=O)N2CCN(c3cc(OC)cc(OC)c3)CC2C(=O)N(Cc2ccc(OC(F)(F)F)cc2)Cc2ccc(OC(F)(F)F)cc2)cc1. The molecule has 5 rings (SSSR count). The van der Waals surface area contributed by atoms with E-state index >= 15 is 0 Å². The van der Waals surface area contributed by atoms with Gasteiger partial charge < -0.3 is 28.7 Å². The van der Waals surface area contributed by atoms with Crippen molar-refractivity contribution < 1.29 is 58.5 Å². The number of sulfonamides is 1. The van der Waals surface area contributed by atoms with E-state index < -0.39 is 46.2 Å². The zero-order valence-electron chi connectivity index (χ0n) is 29.4. The summed E-state index contributed by atoms with van der Waals surface area (Å²) in [6.45, 7) is 1.42. The van der Waals surface area contributed by atoms with Crippen LogP contribution in [0.25, 0.3) is 0 Å². The fraction of sp³-hybridized carbons (Fsp3) is 0.324. The summed E-state index contributed by atoms with van der Waals surface area (Å²) in [6, 6.07) is 19.6. The van der Waals surface area contributed by atoms with Crippen LogP contribution in [0, 0.1) is 0 Å². The number of ether oxygens (including phenoxy) is 4. The third kappa shape index (κ3) is 10.3. The Morgan fingerprint density at radius 1 is 0.704 bits per heavy atom. The van der Waals surface area contributed by atoms with Crippen LogP contribution in [-0.2, 0) is 34.3 Å². The average molecular weight is 782 g/mol. The molecule has 0 N–H and O–H groups in total. The van der Waals surface area contributed by atoms with E-state index in [4.69, 9.17) is 9.47 Å². The van der Waals surface area contributed by atoms with Crippen molar-refractivity contribution in [2.45, 2.75) is 50.1 Å². The predicted molar refractivity (Wildman–Crippen MR) is 186 cm³/mol. The number of alkyl halides is 6. The molecule has 290 valence electrons. The number of hydrogen-bond acceptors (Lipinski definition) is 8. The van der Waals surface area contributed by atoms with Crippen molar-refractivity contribution in [1.82, 2.24) is 9.21 Å². The highest BCUT2D eigenvalue weighted by Gasteiger charge is 2.42. The first-order valence-corrected chi connectivity index (χ1v) is 18.0. The van der Waals surface area contributed by atoms with Gasteiger partial charge in [-0.2, -0.15) is 4.31 Å². The molecule has 4 aromatic carbocycles. The molecule has 1 aliphatic rings. The van der Waals surface area contributed by atoms with E-state index in [-0.39, 0.29) is 37.6 Å². The van der Waals surface area contributed by atoms with Crippen molar-refractivity contribution in [1.29, 1.82) is 0 Å². The van der Waals surface area contributed by atoms with Crippen LogP contribution in [-0.4, -0.2) is 76.2 Å². The van der Waals surface area contributed by atoms with Gasteiger partial charge in [0.25, 0.3) is 0 Å². The molecule has 54 heavy (non-hydrogen) atoms. The maximum absolute atomic E-state index is 14.8. The van der Waals surface area contributed by atoms with E-state index in [2.05, 4.69) is 9.47 Å². The summed E-state index contributed by atoms with van der Waals surface area (Å²) in [4.78, 5) is 17.9. The van der Waals surface area contributed by atoms with Gasteiger partial charge in [-0.25, -0.2) is 8.42 Å². The molecule has 4 aromatic rings. The summed E-state index contributed by atoms with van der Waals surface area (Å²) < 4.78 is 126. The molecule has 1 atom stereocenters. The van der Waals surface area contributed by atoms with Crippen LogP contribution >= 0.6 is 0 Å². The van der Waals surface area contributed by atoms with E-state index in [0.29, 0.717) is 34.7 Å². The first kappa shape index (κ1) is 40.0. The Balaban J connectivity index is 1.54. The molecule has 1 aliphatic heterocycles. The first-order valence-electron chi connectivity index (χ1n) is 16.5. The van der Waals surface area contributed by atoms with Crippen molar-refractivity contribution in [2.75, 3.05) is 38.8 Å². The molecule has 1 amide bonds. The first-order chi connectivity index (χ1) is 25.5. The Kier molecular flexibility index (Phi) is 12.2. The van der Waals surface area contributed by atoms with Gasteiger partial charge in [0.2, 0.25) is 15.9 Å². The fourth-order valence-corrected chi connectivity index (χ4v) is 7.52. The Bertz CT molecular complexity index is 1910. The largest absolute Gasteiger partial charge is 0.573 e. The summed E-state index contributed by atoms with van der Waals surface area (Å²) in [6.07, 6.45) is -9.19. The standard InChI is InChI=1S/C37H37F6N3O7S/c1-4-25-9-15-33(16-10-25)54(48,49)46-18-17-44(28-19-31(50-2)21-32(20-28)51-3)24-34(46)35(47)45(22-26-5-11-29(12-6-26)52-36(38,39)40)23-27-7-13-30(14-8-27)53-37(41,42)43/h5-16,19-21,34H,4,17-18,22-24H2,1-3H3. The van der Waals surface area contributed by atoms with Crippen LogP contribution in [0.1, 0.15) is 23.6 Å². The Morgan fingerprint density at radius 3 is 1.59 bits per heavy atom. The number of aryl methyl sites for hydroxylation is 1. The van der Waals surface area contributed by atoms with Gasteiger partial charge in [-0.15, -0.1) is 26.3 Å². The maximum atomic E-state index is 14.8. The number of piperazine rings is 1. The smallest absolute Gasteiger partial charge is 0.497 e. The van der Waals surface area contributed by atoms with E-state index in [1.165, 1.54) is 55.5 Å². The van der Waals surface area contributed by atoms with Crippen molar-refractivity contribution in [2.24, 2.45) is 0 Å². The topological polar surface area (TPSA) is 97.9 Å². The van der Waals surface area contributed by atoms with Gasteiger partial charge in [-0.05, 0) is 59.5 Å². The molecular weight excluding hydrogens is 744 g/mol. The lowest BCUT2D eigenvalue weighted by molar-refractivity contribution is -0.275. The molecule has 10 nitrogen and oxygen atoms in total. The van der Waals surface area contributed by atoms with Gasteiger partial charge in [-0.3, -0.25) is 4.79 Å². The van der Waals surface area contributed by atoms with E-state index in [1.54, 1.807) is 30.3 Å². The minimum atomic E-state index is -4.93. The highest BCUT2D eigenvalue weighted by Crippen LogP contribution is 2.33. The molecule has 0 bridgehead atoms. The van der Waals surface area contributed by atoms with Crippen LogP contribution < -0.4 is 23.8 Å². The molecule has 0 aliphatic carbocycles. The molecule has 0 saturated carbocycles. The monoisotopic (exact) mass is 781 g/mol. The predicted octanol–water partition coefficient (Wildman–Crippen LogP) is 7.17. The van der Waals surface area contributed by atoms with Gasteiger partial charge in [-0.1, -0.05) is 43.3 Å². The fourth-order valence-electron chi connectivity index (χ4n) is 5.95. The number of rotatable bonds is 13. The lowest BCUT2D eigenvalue weighted by atomic mass is 10.1. The number of carbonyl (C=O) groups is 1. The third-order valence-corrected chi connectivity index (χ3v) is 10.6. The number of anilines is 1. The van der Waals surface area contributed by atoms with Crippen LogP contribution in [0.15, 0.2) is 95.9 Å². The Morgan fingerprint density at radius 2 is 1.17 bits per heavy atom. The highest BCUT2D eigenvalue weighted by molar-refractivity contribution is 7.89. The molecule has 1 fully saturated rings. The number of carbonyl (C=O) groups excluding carboxylic acids is 1. The summed E-state index contributed by atoms with van der Waals surface area (Å²) in [5, 5.41) is 0. The second-order valence-corrected chi connectivity index (χ2v) is 14.1. The summed E-state index contributed by atoms with van der Waals surface area (Å²) >= 11 is 0. The van der Waals surface area contributed by atoms with Gasteiger partial charge in [0.05, 0.1) is 19.1 Å². The molecule has 0 aromatic heterocycles. The second-order valence-electron chi connectivity index (χ2n) is 12.2. The van der Waals surface area contributed by atoms with Gasteiger partial charge in [0.1, 0.15) is 29.0 Å². The summed E-state index contributed by atoms with van der Waals surface area (Å²) in [5.74, 6) is -0.749. The summed E-state index contributed by atoms with van der Waals surface area (Å²) in [5.41, 5.74) is 2.22. The van der Waals surface area contributed by atoms with Crippen LogP contribution in [0.3, 0.4) is 0 Å². The van der Waals surface area contributed by atoms with E-state index in [1.807, 2.05) is 11.8 Å². The molecular formula is C37H37F6N3O7S. The number of nitrogens with zero attached hydrogens (tertiary/aromatic N) is 3. The van der Waals surface area contributed by atoms with Crippen LogP contribution in [0.5, 0.6) is 23.0 Å². The minimum absolute atomic E-state index is 0.0268. The molecule has 1 saturated heterocycles. The van der Waals surface area contributed by atoms with E-state index in [0.717, 1.165) is 34.1 Å². The number of methoxy groups -OCH3 is 2. The molecule has 17 heteroatoms. The van der Waals surface area contributed by atoms with Crippen molar-refractivity contribution in [3.05, 3.63) is 108 Å². The van der Waals surface area contributed by atoms with E-state index in [9.17, 15) is 39.6 Å². The summed E-state index contributed by atoms with van der Waals surface area (Å²) in [7, 11) is -1.33.